The second kappa shape index (κ2) is 6.53. The fourth-order valence-electron chi connectivity index (χ4n) is 2.54. The number of piperidine rings is 1. The van der Waals surface area contributed by atoms with Gasteiger partial charge in [-0.05, 0) is 25.0 Å². The molecule has 1 fully saturated rings. The summed E-state index contributed by atoms with van der Waals surface area (Å²) in [5.74, 6) is -0.961. The fourth-order valence-corrected chi connectivity index (χ4v) is 4.30. The van der Waals surface area contributed by atoms with Crippen molar-refractivity contribution in [3.8, 4) is 11.5 Å². The van der Waals surface area contributed by atoms with Crippen LogP contribution in [-0.4, -0.2) is 51.1 Å². The van der Waals surface area contributed by atoms with Gasteiger partial charge in [0.2, 0.25) is 10.0 Å². The van der Waals surface area contributed by atoms with Gasteiger partial charge in [0.15, 0.2) is 4.90 Å². The van der Waals surface area contributed by atoms with Gasteiger partial charge in [0.05, 0.1) is 20.1 Å². The Hall–Kier alpha value is -1.80. The molecule has 0 unspecified atom stereocenters. The van der Waals surface area contributed by atoms with Crippen molar-refractivity contribution in [3.05, 3.63) is 18.2 Å². The summed E-state index contributed by atoms with van der Waals surface area (Å²) in [6.07, 6.45) is 0.595. The molecule has 1 aromatic carbocycles. The van der Waals surface area contributed by atoms with E-state index in [0.717, 1.165) is 0 Å². The van der Waals surface area contributed by atoms with Crippen molar-refractivity contribution in [2.75, 3.05) is 27.3 Å². The summed E-state index contributed by atoms with van der Waals surface area (Å²) in [7, 11) is -1.02. The third kappa shape index (κ3) is 3.02. The maximum atomic E-state index is 12.8. The van der Waals surface area contributed by atoms with Gasteiger partial charge < -0.3 is 14.6 Å². The first-order valence-electron chi connectivity index (χ1n) is 6.85. The van der Waals surface area contributed by atoms with E-state index in [2.05, 4.69) is 0 Å². The van der Waals surface area contributed by atoms with Crippen LogP contribution in [0.5, 0.6) is 11.5 Å². The lowest BCUT2D eigenvalue weighted by Crippen LogP contribution is -2.40. The highest BCUT2D eigenvalue weighted by atomic mass is 32.2. The molecule has 7 nitrogen and oxygen atoms in total. The Kier molecular flexibility index (Phi) is 4.92. The minimum atomic E-state index is -3.81. The van der Waals surface area contributed by atoms with Gasteiger partial charge in [0.25, 0.3) is 0 Å². The minimum absolute atomic E-state index is 0.0197. The molecule has 0 amide bonds. The first-order valence-corrected chi connectivity index (χ1v) is 8.29. The van der Waals surface area contributed by atoms with E-state index in [1.807, 2.05) is 0 Å². The number of carbonyl (C=O) groups is 1. The number of carboxylic acids is 1. The molecule has 1 aromatic rings. The van der Waals surface area contributed by atoms with Gasteiger partial charge in [-0.25, -0.2) is 8.42 Å². The Morgan fingerprint density at radius 3 is 2.09 bits per heavy atom. The van der Waals surface area contributed by atoms with Crippen LogP contribution in [0.15, 0.2) is 23.1 Å². The molecule has 0 bridgehead atoms. The van der Waals surface area contributed by atoms with Crippen LogP contribution in [0.1, 0.15) is 12.8 Å². The first kappa shape index (κ1) is 16.6. The fraction of sp³-hybridized carbons (Fsp3) is 0.500. The molecule has 1 heterocycles. The van der Waals surface area contributed by atoms with Crippen molar-refractivity contribution >= 4 is 16.0 Å². The molecule has 0 aliphatic carbocycles. The van der Waals surface area contributed by atoms with E-state index >= 15 is 0 Å². The molecule has 1 N–H and O–H groups in total. The van der Waals surface area contributed by atoms with Crippen LogP contribution < -0.4 is 9.47 Å². The molecular formula is C14H19NO6S. The zero-order chi connectivity index (χ0) is 16.3. The molecule has 122 valence electrons. The maximum Gasteiger partial charge on any atom is 0.306 e. The quantitative estimate of drug-likeness (QED) is 0.872. The molecule has 0 saturated carbocycles. The highest BCUT2D eigenvalue weighted by Gasteiger charge is 2.35. The predicted octanol–water partition coefficient (Wildman–Crippen LogP) is 1.19. The molecule has 0 spiro atoms. The average Bonchev–Trinajstić information content (AvgIpc) is 2.53. The number of hydrogen-bond donors (Lipinski definition) is 1. The largest absolute Gasteiger partial charge is 0.495 e. The van der Waals surface area contributed by atoms with Crippen molar-refractivity contribution in [3.63, 3.8) is 0 Å². The second-order valence-corrected chi connectivity index (χ2v) is 6.88. The molecule has 0 atom stereocenters. The van der Waals surface area contributed by atoms with Crippen LogP contribution in [0.2, 0.25) is 0 Å². The van der Waals surface area contributed by atoms with Crippen LogP contribution in [0.3, 0.4) is 0 Å². The molecular weight excluding hydrogens is 310 g/mol. The molecule has 8 heteroatoms. The highest BCUT2D eigenvalue weighted by Crippen LogP contribution is 2.36. The summed E-state index contributed by atoms with van der Waals surface area (Å²) in [6, 6.07) is 4.76. The lowest BCUT2D eigenvalue weighted by Gasteiger charge is -2.30. The van der Waals surface area contributed by atoms with E-state index in [4.69, 9.17) is 14.6 Å². The topological polar surface area (TPSA) is 93.1 Å². The van der Waals surface area contributed by atoms with E-state index in [1.54, 1.807) is 18.2 Å². The van der Waals surface area contributed by atoms with E-state index in [-0.39, 0.29) is 29.5 Å². The Morgan fingerprint density at radius 1 is 1.18 bits per heavy atom. The van der Waals surface area contributed by atoms with Crippen LogP contribution in [0.4, 0.5) is 0 Å². The standard InChI is InChI=1S/C14H19NO6S/c1-20-11-4-3-5-12(21-2)13(11)22(18,19)15-8-6-10(7-9-15)14(16)17/h3-5,10H,6-9H2,1-2H3,(H,16,17). The summed E-state index contributed by atoms with van der Waals surface area (Å²) in [5, 5.41) is 9.00. The van der Waals surface area contributed by atoms with Crippen molar-refractivity contribution in [2.24, 2.45) is 5.92 Å². The summed E-state index contributed by atoms with van der Waals surface area (Å²) < 4.78 is 37.3. The molecule has 0 radical (unpaired) electrons. The Balaban J connectivity index is 2.34. The van der Waals surface area contributed by atoms with Gasteiger partial charge in [-0.3, -0.25) is 4.79 Å². The number of sulfonamides is 1. The third-order valence-electron chi connectivity index (χ3n) is 3.78. The number of methoxy groups -OCH3 is 2. The van der Waals surface area contributed by atoms with Gasteiger partial charge in [0, 0.05) is 13.1 Å². The second-order valence-electron chi connectivity index (χ2n) is 5.01. The zero-order valence-electron chi connectivity index (χ0n) is 12.5. The van der Waals surface area contributed by atoms with Crippen LogP contribution in [-0.2, 0) is 14.8 Å². The summed E-state index contributed by atoms with van der Waals surface area (Å²) in [4.78, 5) is 11.0. The van der Waals surface area contributed by atoms with Crippen LogP contribution in [0, 0.1) is 5.92 Å². The molecule has 1 aliphatic heterocycles. The SMILES string of the molecule is COc1cccc(OC)c1S(=O)(=O)N1CCC(C(=O)O)CC1. The predicted molar refractivity (Wildman–Crippen MR) is 78.7 cm³/mol. The number of benzene rings is 1. The van der Waals surface area contributed by atoms with Crippen LogP contribution in [0.25, 0.3) is 0 Å². The third-order valence-corrected chi connectivity index (χ3v) is 5.75. The number of hydrogen-bond acceptors (Lipinski definition) is 5. The van der Waals surface area contributed by atoms with E-state index in [9.17, 15) is 13.2 Å². The zero-order valence-corrected chi connectivity index (χ0v) is 13.3. The van der Waals surface area contributed by atoms with E-state index < -0.39 is 21.9 Å². The van der Waals surface area contributed by atoms with E-state index in [1.165, 1.54) is 18.5 Å². The van der Waals surface area contributed by atoms with Crippen molar-refractivity contribution < 1.29 is 27.8 Å². The van der Waals surface area contributed by atoms with Crippen molar-refractivity contribution in [2.45, 2.75) is 17.7 Å². The lowest BCUT2D eigenvalue weighted by molar-refractivity contribution is -0.142. The number of aliphatic carboxylic acids is 1. The lowest BCUT2D eigenvalue weighted by atomic mass is 9.99. The summed E-state index contributed by atoms with van der Waals surface area (Å²) in [5.41, 5.74) is 0. The molecule has 1 saturated heterocycles. The van der Waals surface area contributed by atoms with Crippen LogP contribution >= 0.6 is 0 Å². The summed E-state index contributed by atoms with van der Waals surface area (Å²) in [6.45, 7) is 0.334. The van der Waals surface area contributed by atoms with Gasteiger partial charge in [-0.15, -0.1) is 0 Å². The van der Waals surface area contributed by atoms with Gasteiger partial charge in [-0.1, -0.05) is 6.07 Å². The van der Waals surface area contributed by atoms with Crippen molar-refractivity contribution in [1.82, 2.24) is 4.31 Å². The Bertz CT molecular complexity index is 627. The Morgan fingerprint density at radius 2 is 1.68 bits per heavy atom. The normalized spacial score (nSPS) is 17.2. The number of carboxylic acid groups (broad SMARTS) is 1. The van der Waals surface area contributed by atoms with Crippen molar-refractivity contribution in [1.29, 1.82) is 0 Å². The van der Waals surface area contributed by atoms with E-state index in [0.29, 0.717) is 12.8 Å². The first-order chi connectivity index (χ1) is 10.4. The monoisotopic (exact) mass is 329 g/mol. The van der Waals surface area contributed by atoms with Gasteiger partial charge >= 0.3 is 5.97 Å². The Labute approximate surface area is 129 Å². The summed E-state index contributed by atoms with van der Waals surface area (Å²) >= 11 is 0. The van der Waals surface area contributed by atoms with Gasteiger partial charge in [-0.2, -0.15) is 4.31 Å². The highest BCUT2D eigenvalue weighted by molar-refractivity contribution is 7.89. The molecule has 1 aliphatic rings. The number of rotatable bonds is 5. The van der Waals surface area contributed by atoms with Gasteiger partial charge in [0.1, 0.15) is 11.5 Å². The molecule has 22 heavy (non-hydrogen) atoms. The molecule has 0 aromatic heterocycles. The minimum Gasteiger partial charge on any atom is -0.495 e. The molecule has 2 rings (SSSR count). The maximum absolute atomic E-state index is 12.8. The number of ether oxygens (including phenoxy) is 2. The smallest absolute Gasteiger partial charge is 0.306 e. The average molecular weight is 329 g/mol. The number of nitrogens with zero attached hydrogens (tertiary/aromatic N) is 1.